The van der Waals surface area contributed by atoms with E-state index in [1.54, 1.807) is 32.0 Å². The van der Waals surface area contributed by atoms with Gasteiger partial charge in [0, 0.05) is 18.7 Å². The number of rotatable bonds is 5. The molecule has 31 heavy (non-hydrogen) atoms. The molecule has 0 radical (unpaired) electrons. The first-order chi connectivity index (χ1) is 14.5. The summed E-state index contributed by atoms with van der Waals surface area (Å²) >= 11 is 0. The average Bonchev–Trinajstić information content (AvgIpc) is 2.87. The molecule has 6 nitrogen and oxygen atoms in total. The van der Waals surface area contributed by atoms with Crippen molar-refractivity contribution in [1.82, 2.24) is 4.90 Å². The summed E-state index contributed by atoms with van der Waals surface area (Å²) in [7, 11) is -6.99. The van der Waals surface area contributed by atoms with Crippen LogP contribution in [-0.2, 0) is 30.9 Å². The zero-order valence-corrected chi connectivity index (χ0v) is 19.1. The lowest BCUT2D eigenvalue weighted by Gasteiger charge is -2.20. The number of carbonyl (C=O) groups excluding carboxylic acids is 1. The Bertz CT molecular complexity index is 1160. The fraction of sp³-hybridized carbons (Fsp3) is 0.409. The van der Waals surface area contributed by atoms with Crippen LogP contribution in [0.2, 0.25) is 0 Å². The number of halogens is 1. The number of benzene rings is 2. The summed E-state index contributed by atoms with van der Waals surface area (Å²) in [5.74, 6) is -1.04. The highest BCUT2D eigenvalue weighted by Gasteiger charge is 2.34. The van der Waals surface area contributed by atoms with Crippen LogP contribution < -0.4 is 0 Å². The Balaban J connectivity index is 1.72. The van der Waals surface area contributed by atoms with Gasteiger partial charge in [0.1, 0.15) is 5.82 Å². The molecule has 0 bridgehead atoms. The molecule has 0 aromatic heterocycles. The van der Waals surface area contributed by atoms with E-state index in [1.165, 1.54) is 35.2 Å². The number of nitrogens with zero attached hydrogens (tertiary/aromatic N) is 1. The van der Waals surface area contributed by atoms with Gasteiger partial charge in [-0.15, -0.1) is 0 Å². The zero-order valence-electron chi connectivity index (χ0n) is 17.5. The Morgan fingerprint density at radius 2 is 1.74 bits per heavy atom. The van der Waals surface area contributed by atoms with Gasteiger partial charge in [-0.2, -0.15) is 0 Å². The second-order valence-corrected chi connectivity index (χ2v) is 12.8. The third-order valence-electron chi connectivity index (χ3n) is 5.57. The van der Waals surface area contributed by atoms with Gasteiger partial charge < -0.3 is 4.90 Å². The molecule has 2 aromatic rings. The van der Waals surface area contributed by atoms with Crippen molar-refractivity contribution in [2.75, 3.05) is 18.8 Å². The molecule has 0 N–H and O–H groups in total. The van der Waals surface area contributed by atoms with Crippen LogP contribution >= 0.6 is 0 Å². The van der Waals surface area contributed by atoms with E-state index in [2.05, 4.69) is 0 Å². The van der Waals surface area contributed by atoms with Gasteiger partial charge in [0.15, 0.2) is 19.7 Å². The van der Waals surface area contributed by atoms with Crippen LogP contribution in [-0.4, -0.2) is 51.7 Å². The Labute approximate surface area is 182 Å². The molecular weight excluding hydrogens is 441 g/mol. The molecule has 0 saturated carbocycles. The first-order valence-corrected chi connectivity index (χ1v) is 13.3. The predicted octanol–water partition coefficient (Wildman–Crippen LogP) is 2.94. The Morgan fingerprint density at radius 1 is 1.10 bits per heavy atom. The number of hydrogen-bond donors (Lipinski definition) is 0. The molecule has 1 heterocycles. The monoisotopic (exact) mass is 467 g/mol. The highest BCUT2D eigenvalue weighted by molar-refractivity contribution is 7.92. The van der Waals surface area contributed by atoms with Crippen molar-refractivity contribution < 1.29 is 26.0 Å². The second kappa shape index (κ2) is 9.08. The van der Waals surface area contributed by atoms with Gasteiger partial charge in [-0.1, -0.05) is 30.3 Å². The lowest BCUT2D eigenvalue weighted by atomic mass is 10.1. The van der Waals surface area contributed by atoms with Gasteiger partial charge in [0.2, 0.25) is 5.91 Å². The molecule has 1 amide bonds. The molecule has 168 valence electrons. The number of carbonyl (C=O) groups is 1. The van der Waals surface area contributed by atoms with Crippen molar-refractivity contribution in [3.05, 3.63) is 65.5 Å². The molecule has 1 fully saturated rings. The highest BCUT2D eigenvalue weighted by Crippen LogP contribution is 2.31. The molecule has 9 heteroatoms. The van der Waals surface area contributed by atoms with Crippen LogP contribution in [0.4, 0.5) is 4.39 Å². The first-order valence-electron chi connectivity index (χ1n) is 10.1. The van der Waals surface area contributed by atoms with Crippen LogP contribution in [0.3, 0.4) is 0 Å². The molecule has 1 aliphatic rings. The maximum atomic E-state index is 14.2. The summed E-state index contributed by atoms with van der Waals surface area (Å²) in [6.45, 7) is 3.46. The van der Waals surface area contributed by atoms with E-state index in [4.69, 9.17) is 0 Å². The summed E-state index contributed by atoms with van der Waals surface area (Å²) in [6, 6.07) is 12.0. The molecule has 2 aromatic carbocycles. The highest BCUT2D eigenvalue weighted by atomic mass is 32.2. The fourth-order valence-electron chi connectivity index (χ4n) is 3.63. The summed E-state index contributed by atoms with van der Waals surface area (Å²) in [6.07, 6.45) is 0.160. The minimum Gasteiger partial charge on any atom is -0.341 e. The van der Waals surface area contributed by atoms with Crippen molar-refractivity contribution in [3.8, 4) is 0 Å². The fourth-order valence-corrected chi connectivity index (χ4v) is 6.50. The van der Waals surface area contributed by atoms with Crippen molar-refractivity contribution >= 4 is 25.6 Å². The normalized spacial score (nSPS) is 19.2. The standard InChI is InChI=1S/C22H26FNO5S2/c1-16(2)31(28,29)18-9-7-17(8-10-18)15-22(25)24-12-11-21(30(26,27)14-13-24)19-5-3-4-6-20(19)23/h3-10,16,21H,11-15H2,1-2H3. The maximum absolute atomic E-state index is 14.2. The van der Waals surface area contributed by atoms with Crippen molar-refractivity contribution in [2.24, 2.45) is 0 Å². The molecule has 0 spiro atoms. The first kappa shape index (κ1) is 23.4. The minimum absolute atomic E-state index is 0.0341. The number of hydrogen-bond acceptors (Lipinski definition) is 5. The van der Waals surface area contributed by atoms with Crippen molar-refractivity contribution in [2.45, 2.75) is 42.1 Å². The molecule has 1 aliphatic heterocycles. The van der Waals surface area contributed by atoms with E-state index in [0.29, 0.717) is 5.56 Å². The topological polar surface area (TPSA) is 88.6 Å². The third-order valence-corrected chi connectivity index (χ3v) is 9.85. The smallest absolute Gasteiger partial charge is 0.227 e. The summed E-state index contributed by atoms with van der Waals surface area (Å²) in [5.41, 5.74) is 0.782. The summed E-state index contributed by atoms with van der Waals surface area (Å²) < 4.78 is 64.0. The molecule has 3 rings (SSSR count). The second-order valence-electron chi connectivity index (χ2n) is 7.96. The van der Waals surface area contributed by atoms with Crippen LogP contribution in [0, 0.1) is 5.82 Å². The quantitative estimate of drug-likeness (QED) is 0.675. The molecule has 1 atom stereocenters. The van der Waals surface area contributed by atoms with Crippen molar-refractivity contribution in [3.63, 3.8) is 0 Å². The van der Waals surface area contributed by atoms with Gasteiger partial charge in [-0.3, -0.25) is 4.79 Å². The molecule has 1 saturated heterocycles. The van der Waals surface area contributed by atoms with Gasteiger partial charge >= 0.3 is 0 Å². The van der Waals surface area contributed by atoms with E-state index in [1.807, 2.05) is 0 Å². The number of amides is 1. The Kier molecular flexibility index (Phi) is 6.85. The van der Waals surface area contributed by atoms with E-state index in [0.717, 1.165) is 0 Å². The minimum atomic E-state index is -3.61. The lowest BCUT2D eigenvalue weighted by Crippen LogP contribution is -2.34. The molecular formula is C22H26FNO5S2. The van der Waals surface area contributed by atoms with Gasteiger partial charge in [-0.25, -0.2) is 21.2 Å². The Hall–Kier alpha value is -2.26. The SMILES string of the molecule is CC(C)S(=O)(=O)c1ccc(CC(=O)N2CCC(c3ccccc3F)S(=O)(=O)CC2)cc1. The van der Waals surface area contributed by atoms with Crippen LogP contribution in [0.15, 0.2) is 53.4 Å². The lowest BCUT2D eigenvalue weighted by molar-refractivity contribution is -0.130. The van der Waals surface area contributed by atoms with Crippen LogP contribution in [0.25, 0.3) is 0 Å². The molecule has 1 unspecified atom stereocenters. The zero-order chi connectivity index (χ0) is 22.8. The van der Waals surface area contributed by atoms with Gasteiger partial charge in [0.05, 0.1) is 27.6 Å². The van der Waals surface area contributed by atoms with Crippen molar-refractivity contribution in [1.29, 1.82) is 0 Å². The van der Waals surface area contributed by atoms with E-state index >= 15 is 0 Å². The average molecular weight is 468 g/mol. The van der Waals surface area contributed by atoms with E-state index < -0.39 is 36.0 Å². The van der Waals surface area contributed by atoms with E-state index in [-0.39, 0.29) is 48.1 Å². The van der Waals surface area contributed by atoms with E-state index in [9.17, 15) is 26.0 Å². The summed E-state index contributed by atoms with van der Waals surface area (Å²) in [4.78, 5) is 14.5. The van der Waals surface area contributed by atoms with Crippen LogP contribution in [0.1, 0.15) is 36.6 Å². The third kappa shape index (κ3) is 5.15. The summed E-state index contributed by atoms with van der Waals surface area (Å²) in [5, 5.41) is -1.52. The van der Waals surface area contributed by atoms with Gasteiger partial charge in [0.25, 0.3) is 0 Å². The number of sulfone groups is 2. The predicted molar refractivity (Wildman–Crippen MR) is 117 cm³/mol. The molecule has 0 aliphatic carbocycles. The Morgan fingerprint density at radius 3 is 2.35 bits per heavy atom. The maximum Gasteiger partial charge on any atom is 0.227 e. The van der Waals surface area contributed by atoms with Gasteiger partial charge in [-0.05, 0) is 44.0 Å². The van der Waals surface area contributed by atoms with Crippen LogP contribution in [0.5, 0.6) is 0 Å². The largest absolute Gasteiger partial charge is 0.341 e.